The fourth-order valence-electron chi connectivity index (χ4n) is 4.11. The predicted molar refractivity (Wildman–Crippen MR) is 80.7 cm³/mol. The summed E-state index contributed by atoms with van der Waals surface area (Å²) in [5, 5.41) is 21.6. The molecular formula is C14H22ClN5O2. The van der Waals surface area contributed by atoms with Gasteiger partial charge in [0.05, 0.1) is 12.6 Å². The second-order valence-electron chi connectivity index (χ2n) is 6.64. The molecule has 0 spiro atoms. The van der Waals surface area contributed by atoms with E-state index in [1.165, 1.54) is 19.3 Å². The second-order valence-corrected chi connectivity index (χ2v) is 6.64. The van der Waals surface area contributed by atoms with E-state index in [1.54, 1.807) is 0 Å². The topological polar surface area (TPSA) is 84.1 Å². The Morgan fingerprint density at radius 3 is 2.73 bits per heavy atom. The molecule has 1 aliphatic heterocycles. The summed E-state index contributed by atoms with van der Waals surface area (Å²) in [4.78, 5) is 13.8. The number of hydrogen-bond donors (Lipinski definition) is 1. The third kappa shape index (κ3) is 2.72. The van der Waals surface area contributed by atoms with Crippen LogP contribution in [0.15, 0.2) is 0 Å². The minimum absolute atomic E-state index is 0. The highest BCUT2D eigenvalue weighted by Crippen LogP contribution is 2.41. The quantitative estimate of drug-likeness (QED) is 0.905. The van der Waals surface area contributed by atoms with Crippen LogP contribution in [0, 0.1) is 5.92 Å². The molecule has 3 fully saturated rings. The van der Waals surface area contributed by atoms with Crippen molar-refractivity contribution in [2.45, 2.75) is 69.6 Å². The molecule has 3 atom stereocenters. The van der Waals surface area contributed by atoms with E-state index in [0.717, 1.165) is 31.5 Å². The van der Waals surface area contributed by atoms with Crippen LogP contribution >= 0.6 is 12.4 Å². The molecule has 4 rings (SSSR count). The van der Waals surface area contributed by atoms with Gasteiger partial charge in [0.25, 0.3) is 0 Å². The molecule has 122 valence electrons. The molecule has 0 bridgehead atoms. The number of carboxylic acids is 1. The largest absolute Gasteiger partial charge is 0.480 e. The number of tetrazole rings is 1. The monoisotopic (exact) mass is 327 g/mol. The lowest BCUT2D eigenvalue weighted by Crippen LogP contribution is -2.42. The summed E-state index contributed by atoms with van der Waals surface area (Å²) in [7, 11) is 0. The number of hydrogen-bond acceptors (Lipinski definition) is 5. The molecule has 0 amide bonds. The van der Waals surface area contributed by atoms with Crippen LogP contribution in [-0.4, -0.2) is 48.3 Å². The highest BCUT2D eigenvalue weighted by Gasteiger charge is 2.45. The summed E-state index contributed by atoms with van der Waals surface area (Å²) in [5.74, 6) is 0.662. The highest BCUT2D eigenvalue weighted by molar-refractivity contribution is 5.85. The molecule has 1 aromatic heterocycles. The van der Waals surface area contributed by atoms with E-state index in [0.29, 0.717) is 24.5 Å². The predicted octanol–water partition coefficient (Wildman–Crippen LogP) is 1.65. The molecule has 8 heteroatoms. The van der Waals surface area contributed by atoms with Gasteiger partial charge in [-0.05, 0) is 48.4 Å². The number of aromatic nitrogens is 4. The Balaban J connectivity index is 0.00000144. The Morgan fingerprint density at radius 2 is 2.00 bits per heavy atom. The number of halogens is 1. The zero-order valence-corrected chi connectivity index (χ0v) is 13.3. The first-order chi connectivity index (χ1) is 10.2. The highest BCUT2D eigenvalue weighted by atomic mass is 35.5. The molecule has 0 aromatic carbocycles. The lowest BCUT2D eigenvalue weighted by atomic mass is 9.85. The smallest absolute Gasteiger partial charge is 0.320 e. The maximum absolute atomic E-state index is 11.6. The first-order valence-electron chi connectivity index (χ1n) is 7.99. The van der Waals surface area contributed by atoms with Crippen molar-refractivity contribution in [2.24, 2.45) is 5.92 Å². The average Bonchev–Trinajstić information content (AvgIpc) is 3.11. The van der Waals surface area contributed by atoms with Crippen LogP contribution in [0.4, 0.5) is 0 Å². The summed E-state index contributed by atoms with van der Waals surface area (Å²) in [6.45, 7) is 0.571. The Bertz CT molecular complexity index is 547. The number of carbonyl (C=O) groups is 1. The maximum atomic E-state index is 11.6. The van der Waals surface area contributed by atoms with Crippen molar-refractivity contribution in [1.29, 1.82) is 0 Å². The number of likely N-dealkylation sites (tertiary alicyclic amines) is 1. The van der Waals surface area contributed by atoms with Crippen molar-refractivity contribution in [3.63, 3.8) is 0 Å². The number of rotatable bonds is 4. The minimum Gasteiger partial charge on any atom is -0.480 e. The molecule has 2 aliphatic carbocycles. The molecule has 1 aromatic rings. The zero-order valence-electron chi connectivity index (χ0n) is 12.5. The van der Waals surface area contributed by atoms with E-state index in [2.05, 4.69) is 20.4 Å². The summed E-state index contributed by atoms with van der Waals surface area (Å²) in [5.41, 5.74) is 0. The summed E-state index contributed by atoms with van der Waals surface area (Å²) < 4.78 is 1.90. The van der Waals surface area contributed by atoms with Crippen LogP contribution in [0.25, 0.3) is 0 Å². The number of nitrogens with zero attached hydrogens (tertiary/aromatic N) is 5. The van der Waals surface area contributed by atoms with Crippen LogP contribution in [0.3, 0.4) is 0 Å². The van der Waals surface area contributed by atoms with Crippen LogP contribution < -0.4 is 0 Å². The molecular weight excluding hydrogens is 306 g/mol. The zero-order chi connectivity index (χ0) is 14.4. The Morgan fingerprint density at radius 1 is 1.23 bits per heavy atom. The van der Waals surface area contributed by atoms with Crippen LogP contribution in [0.2, 0.25) is 0 Å². The first-order valence-corrected chi connectivity index (χ1v) is 7.99. The van der Waals surface area contributed by atoms with Crippen molar-refractivity contribution in [2.75, 3.05) is 0 Å². The molecule has 22 heavy (non-hydrogen) atoms. The van der Waals surface area contributed by atoms with Crippen LogP contribution in [0.1, 0.15) is 56.8 Å². The van der Waals surface area contributed by atoms with Crippen molar-refractivity contribution < 1.29 is 9.90 Å². The molecule has 1 saturated heterocycles. The summed E-state index contributed by atoms with van der Waals surface area (Å²) >= 11 is 0. The van der Waals surface area contributed by atoms with Crippen LogP contribution in [-0.2, 0) is 11.3 Å². The van der Waals surface area contributed by atoms with E-state index in [-0.39, 0.29) is 18.4 Å². The Labute approximate surface area is 135 Å². The fraction of sp³-hybridized carbons (Fsp3) is 0.857. The fourth-order valence-corrected chi connectivity index (χ4v) is 4.11. The molecule has 7 nitrogen and oxygen atoms in total. The molecule has 2 saturated carbocycles. The van der Waals surface area contributed by atoms with Gasteiger partial charge in [0.15, 0.2) is 5.82 Å². The SMILES string of the molecule is Cl.O=C(O)C1CC2CCCCC2N1Cc1nnnn1C1CC1. The summed E-state index contributed by atoms with van der Waals surface area (Å²) in [6, 6.07) is 0.453. The van der Waals surface area contributed by atoms with Gasteiger partial charge in [-0.25, -0.2) is 4.68 Å². The summed E-state index contributed by atoms with van der Waals surface area (Å²) in [6.07, 6.45) is 7.76. The van der Waals surface area contributed by atoms with E-state index in [1.807, 2.05) is 4.68 Å². The molecule has 0 radical (unpaired) electrons. The van der Waals surface area contributed by atoms with Crippen molar-refractivity contribution in [3.05, 3.63) is 5.82 Å². The third-order valence-corrected chi connectivity index (χ3v) is 5.28. The van der Waals surface area contributed by atoms with E-state index < -0.39 is 5.97 Å². The lowest BCUT2D eigenvalue weighted by Gasteiger charge is -2.32. The van der Waals surface area contributed by atoms with Gasteiger partial charge in [0.2, 0.25) is 0 Å². The minimum atomic E-state index is -0.699. The van der Waals surface area contributed by atoms with Gasteiger partial charge in [-0.15, -0.1) is 17.5 Å². The van der Waals surface area contributed by atoms with Gasteiger partial charge in [0, 0.05) is 6.04 Å². The first kappa shape index (κ1) is 15.7. The van der Waals surface area contributed by atoms with Gasteiger partial charge in [-0.3, -0.25) is 9.69 Å². The van der Waals surface area contributed by atoms with Crippen molar-refractivity contribution >= 4 is 18.4 Å². The number of fused-ring (bicyclic) bond motifs is 1. The van der Waals surface area contributed by atoms with Gasteiger partial charge in [-0.2, -0.15) is 0 Å². The van der Waals surface area contributed by atoms with Crippen molar-refractivity contribution in [3.8, 4) is 0 Å². The van der Waals surface area contributed by atoms with Gasteiger partial charge in [0.1, 0.15) is 6.04 Å². The van der Waals surface area contributed by atoms with E-state index >= 15 is 0 Å². The third-order valence-electron chi connectivity index (χ3n) is 5.28. The second kappa shape index (κ2) is 6.12. The normalized spacial score (nSPS) is 31.5. The Hall–Kier alpha value is -1.21. The van der Waals surface area contributed by atoms with E-state index in [9.17, 15) is 9.90 Å². The van der Waals surface area contributed by atoms with Gasteiger partial charge < -0.3 is 5.11 Å². The Kier molecular flexibility index (Phi) is 4.36. The van der Waals surface area contributed by atoms with Crippen molar-refractivity contribution in [1.82, 2.24) is 25.1 Å². The van der Waals surface area contributed by atoms with Crippen LogP contribution in [0.5, 0.6) is 0 Å². The molecule has 2 heterocycles. The lowest BCUT2D eigenvalue weighted by molar-refractivity contribution is -0.143. The van der Waals surface area contributed by atoms with E-state index in [4.69, 9.17) is 0 Å². The van der Waals surface area contributed by atoms with Gasteiger partial charge >= 0.3 is 5.97 Å². The molecule has 1 N–H and O–H groups in total. The molecule has 3 unspecified atom stereocenters. The standard InChI is InChI=1S/C14H21N5O2.ClH/c20-14(21)12-7-9-3-1-2-4-11(9)18(12)8-13-15-16-17-19(13)10-5-6-10;/h9-12H,1-8H2,(H,20,21);1H. The average molecular weight is 328 g/mol. The number of carboxylic acid groups (broad SMARTS) is 1. The maximum Gasteiger partial charge on any atom is 0.320 e. The van der Waals surface area contributed by atoms with Gasteiger partial charge in [-0.1, -0.05) is 12.8 Å². The number of aliphatic carboxylic acids is 1. The molecule has 3 aliphatic rings.